The average Bonchev–Trinajstić information content (AvgIpc) is 3.41. The van der Waals surface area contributed by atoms with E-state index in [1.807, 2.05) is 60.4 Å². The first-order chi connectivity index (χ1) is 18.4. The topological polar surface area (TPSA) is 91.6 Å². The summed E-state index contributed by atoms with van der Waals surface area (Å²) in [6.45, 7) is 4.70. The molecule has 4 aromatic rings. The van der Waals surface area contributed by atoms with E-state index in [0.717, 1.165) is 29.9 Å². The highest BCUT2D eigenvalue weighted by Crippen LogP contribution is 2.25. The molecule has 2 amide bonds. The highest BCUT2D eigenvalue weighted by atomic mass is 35.5. The highest BCUT2D eigenvalue weighted by Gasteiger charge is 2.22. The molecular weight excluding hydrogens is 522 g/mol. The van der Waals surface area contributed by atoms with Crippen molar-refractivity contribution in [1.29, 1.82) is 0 Å². The number of amides is 2. The summed E-state index contributed by atoms with van der Waals surface area (Å²) < 4.78 is 5.69. The van der Waals surface area contributed by atoms with Gasteiger partial charge in [-0.2, -0.15) is 0 Å². The molecule has 0 saturated carbocycles. The molecule has 1 N–H and O–H groups in total. The lowest BCUT2D eigenvalue weighted by atomic mass is 10.1. The van der Waals surface area contributed by atoms with Gasteiger partial charge in [0.1, 0.15) is 0 Å². The molecule has 2 heterocycles. The van der Waals surface area contributed by atoms with Gasteiger partial charge in [0, 0.05) is 53.7 Å². The monoisotopic (exact) mass is 547 g/mol. The third-order valence-electron chi connectivity index (χ3n) is 6.15. The predicted molar refractivity (Wildman–Crippen MR) is 150 cm³/mol. The molecule has 38 heavy (non-hydrogen) atoms. The molecule has 10 heteroatoms. The molecule has 1 aliphatic rings. The third kappa shape index (κ3) is 6.35. The predicted octanol–water partition coefficient (Wildman–Crippen LogP) is 5.39. The van der Waals surface area contributed by atoms with Crippen molar-refractivity contribution < 1.29 is 14.0 Å². The molecule has 0 radical (unpaired) electrons. The van der Waals surface area contributed by atoms with Gasteiger partial charge < -0.3 is 19.5 Å². The van der Waals surface area contributed by atoms with Crippen LogP contribution in [0.25, 0.3) is 11.5 Å². The molecule has 194 valence electrons. The van der Waals surface area contributed by atoms with Gasteiger partial charge in [-0.15, -0.1) is 10.2 Å². The second kappa shape index (κ2) is 11.7. The number of halogens is 1. The maximum absolute atomic E-state index is 12.8. The zero-order valence-corrected chi connectivity index (χ0v) is 22.3. The van der Waals surface area contributed by atoms with E-state index >= 15 is 0 Å². The number of carbonyl (C=O) groups excluding carboxylic acids is 2. The van der Waals surface area contributed by atoms with Crippen LogP contribution in [-0.2, 0) is 4.79 Å². The Morgan fingerprint density at radius 3 is 2.47 bits per heavy atom. The quantitative estimate of drug-likeness (QED) is 0.310. The van der Waals surface area contributed by atoms with E-state index in [1.54, 1.807) is 24.3 Å². The Kier molecular flexibility index (Phi) is 7.95. The number of thioether (sulfide) groups is 1. The molecule has 3 aromatic carbocycles. The van der Waals surface area contributed by atoms with Gasteiger partial charge in [0.25, 0.3) is 11.1 Å². The van der Waals surface area contributed by atoms with Crippen LogP contribution in [0.4, 0.5) is 11.4 Å². The van der Waals surface area contributed by atoms with Gasteiger partial charge >= 0.3 is 0 Å². The summed E-state index contributed by atoms with van der Waals surface area (Å²) in [5.74, 6) is 0.419. The van der Waals surface area contributed by atoms with Gasteiger partial charge in [-0.1, -0.05) is 47.1 Å². The number of piperazine rings is 1. The molecule has 0 atom stereocenters. The molecular formula is C28H26ClN5O3S. The summed E-state index contributed by atoms with van der Waals surface area (Å²) in [6.07, 6.45) is 0. The maximum Gasteiger partial charge on any atom is 0.277 e. The van der Waals surface area contributed by atoms with Crippen molar-refractivity contribution in [2.45, 2.75) is 12.1 Å². The Bertz CT molecular complexity index is 1430. The van der Waals surface area contributed by atoms with Gasteiger partial charge in [-0.05, 0) is 61.5 Å². The van der Waals surface area contributed by atoms with Crippen LogP contribution < -0.4 is 10.2 Å². The number of hydrogen-bond donors (Lipinski definition) is 1. The van der Waals surface area contributed by atoms with E-state index in [1.165, 1.54) is 11.8 Å². The third-order valence-corrected chi connectivity index (χ3v) is 7.21. The smallest absolute Gasteiger partial charge is 0.277 e. The number of nitrogens with zero attached hydrogens (tertiary/aromatic N) is 4. The Balaban J connectivity index is 1.09. The number of hydrogen-bond acceptors (Lipinski definition) is 7. The van der Waals surface area contributed by atoms with Crippen molar-refractivity contribution in [3.8, 4) is 11.5 Å². The minimum absolute atomic E-state index is 0.00463. The van der Waals surface area contributed by atoms with Crippen LogP contribution in [0.15, 0.2) is 82.4 Å². The number of anilines is 2. The fourth-order valence-corrected chi connectivity index (χ4v) is 4.97. The number of nitrogens with one attached hydrogen (secondary N) is 1. The van der Waals surface area contributed by atoms with E-state index in [4.69, 9.17) is 16.0 Å². The molecule has 1 aliphatic heterocycles. The summed E-state index contributed by atoms with van der Waals surface area (Å²) in [6, 6.07) is 22.6. The van der Waals surface area contributed by atoms with Crippen LogP contribution in [0, 0.1) is 6.92 Å². The van der Waals surface area contributed by atoms with E-state index in [9.17, 15) is 9.59 Å². The molecule has 1 saturated heterocycles. The lowest BCUT2D eigenvalue weighted by Gasteiger charge is -2.36. The standard InChI is InChI=1S/C28H26ClN5O3S/c1-19-4-2-5-20(16-19)26-31-32-28(37-26)38-18-25(35)30-23-8-10-24(11-9-23)33-12-14-34(15-13-33)27(36)21-6-3-7-22(29)17-21/h2-11,16-17H,12-15,18H2,1H3,(H,30,35). The van der Waals surface area contributed by atoms with Crippen LogP contribution in [0.5, 0.6) is 0 Å². The number of aryl methyl sites for hydroxylation is 1. The van der Waals surface area contributed by atoms with Crippen molar-refractivity contribution in [1.82, 2.24) is 15.1 Å². The maximum atomic E-state index is 12.8. The summed E-state index contributed by atoms with van der Waals surface area (Å²) in [4.78, 5) is 29.3. The van der Waals surface area contributed by atoms with Crippen LogP contribution in [-0.4, -0.2) is 58.8 Å². The van der Waals surface area contributed by atoms with Gasteiger partial charge in [0.15, 0.2) is 0 Å². The fraction of sp³-hybridized carbons (Fsp3) is 0.214. The highest BCUT2D eigenvalue weighted by molar-refractivity contribution is 7.99. The van der Waals surface area contributed by atoms with E-state index < -0.39 is 0 Å². The SMILES string of the molecule is Cc1cccc(-c2nnc(SCC(=O)Nc3ccc(N4CCN(C(=O)c5cccc(Cl)c5)CC4)cc3)o2)c1. The Hall–Kier alpha value is -3.82. The summed E-state index contributed by atoms with van der Waals surface area (Å²) in [5, 5.41) is 11.9. The number of rotatable bonds is 7. The van der Waals surface area contributed by atoms with Gasteiger partial charge in [0.05, 0.1) is 5.75 Å². The summed E-state index contributed by atoms with van der Waals surface area (Å²) in [7, 11) is 0. The van der Waals surface area contributed by atoms with Crippen LogP contribution in [0.2, 0.25) is 5.02 Å². The number of carbonyl (C=O) groups is 2. The Morgan fingerprint density at radius 1 is 0.974 bits per heavy atom. The van der Waals surface area contributed by atoms with Crippen molar-refractivity contribution in [3.05, 3.63) is 88.9 Å². The van der Waals surface area contributed by atoms with Crippen LogP contribution >= 0.6 is 23.4 Å². The fourth-order valence-electron chi connectivity index (χ4n) is 4.21. The molecule has 0 aliphatic carbocycles. The van der Waals surface area contributed by atoms with E-state index in [-0.39, 0.29) is 17.6 Å². The Morgan fingerprint density at radius 2 is 1.74 bits per heavy atom. The summed E-state index contributed by atoms with van der Waals surface area (Å²) in [5.41, 5.74) is 4.31. The first-order valence-electron chi connectivity index (χ1n) is 12.2. The largest absolute Gasteiger partial charge is 0.411 e. The van der Waals surface area contributed by atoms with Crippen LogP contribution in [0.3, 0.4) is 0 Å². The van der Waals surface area contributed by atoms with E-state index in [0.29, 0.717) is 40.5 Å². The number of benzene rings is 3. The van der Waals surface area contributed by atoms with Crippen molar-refractivity contribution in [3.63, 3.8) is 0 Å². The van der Waals surface area contributed by atoms with E-state index in [2.05, 4.69) is 20.4 Å². The van der Waals surface area contributed by atoms with Gasteiger partial charge in [-0.3, -0.25) is 9.59 Å². The second-order valence-corrected chi connectivity index (χ2v) is 10.3. The van der Waals surface area contributed by atoms with Gasteiger partial charge in [-0.25, -0.2) is 0 Å². The molecule has 5 rings (SSSR count). The molecule has 0 unspecified atom stereocenters. The summed E-state index contributed by atoms with van der Waals surface area (Å²) >= 11 is 7.23. The molecule has 8 nitrogen and oxygen atoms in total. The zero-order valence-electron chi connectivity index (χ0n) is 20.8. The molecule has 0 spiro atoms. The van der Waals surface area contributed by atoms with Gasteiger partial charge in [0.2, 0.25) is 11.8 Å². The zero-order chi connectivity index (χ0) is 26.5. The minimum Gasteiger partial charge on any atom is -0.411 e. The molecule has 1 fully saturated rings. The molecule has 0 bridgehead atoms. The second-order valence-electron chi connectivity index (χ2n) is 8.92. The average molecular weight is 548 g/mol. The number of aromatic nitrogens is 2. The Labute approximate surface area is 230 Å². The van der Waals surface area contributed by atoms with Crippen molar-refractivity contribution in [2.24, 2.45) is 0 Å². The first kappa shape index (κ1) is 25.8. The van der Waals surface area contributed by atoms with Crippen LogP contribution in [0.1, 0.15) is 15.9 Å². The normalized spacial score (nSPS) is 13.4. The van der Waals surface area contributed by atoms with Crippen molar-refractivity contribution in [2.75, 3.05) is 42.1 Å². The van der Waals surface area contributed by atoms with Crippen molar-refractivity contribution >= 4 is 46.6 Å². The lowest BCUT2D eigenvalue weighted by Crippen LogP contribution is -2.48. The lowest BCUT2D eigenvalue weighted by molar-refractivity contribution is -0.113. The minimum atomic E-state index is -0.161. The molecule has 1 aromatic heterocycles. The first-order valence-corrected chi connectivity index (χ1v) is 13.5.